The van der Waals surface area contributed by atoms with Gasteiger partial charge in [0.05, 0.1) is 12.2 Å². The van der Waals surface area contributed by atoms with Gasteiger partial charge in [0, 0.05) is 6.54 Å². The third-order valence-electron chi connectivity index (χ3n) is 2.21. The molecule has 0 aromatic heterocycles. The number of carboxylic acids is 1. The first-order chi connectivity index (χ1) is 7.61. The topological polar surface area (TPSA) is 40.5 Å². The van der Waals surface area contributed by atoms with E-state index in [1.54, 1.807) is 11.0 Å². The van der Waals surface area contributed by atoms with Gasteiger partial charge in [-0.3, -0.25) is 0 Å². The number of aromatic carboxylic acids is 1. The Kier molecular flexibility index (Phi) is 3.90. The van der Waals surface area contributed by atoms with Crippen LogP contribution in [0.5, 0.6) is 0 Å². The summed E-state index contributed by atoms with van der Waals surface area (Å²) in [5.41, 5.74) is -0.0208. The molecule has 0 unspecified atom stereocenters. The lowest BCUT2D eigenvalue weighted by Gasteiger charge is -2.22. The Hall–Kier alpha value is -2.02. The zero-order valence-corrected chi connectivity index (χ0v) is 8.90. The number of halogens is 1. The quantitative estimate of drug-likeness (QED) is 0.790. The van der Waals surface area contributed by atoms with Gasteiger partial charge in [-0.25, -0.2) is 9.18 Å². The minimum Gasteiger partial charge on any atom is -0.478 e. The molecule has 4 heteroatoms. The maximum atomic E-state index is 13.4. The molecule has 0 aliphatic rings. The van der Waals surface area contributed by atoms with Crippen LogP contribution in [0.2, 0.25) is 0 Å². The third-order valence-corrected chi connectivity index (χ3v) is 2.21. The number of hydrogen-bond donors (Lipinski definition) is 1. The molecule has 0 heterocycles. The van der Waals surface area contributed by atoms with E-state index in [0.29, 0.717) is 12.2 Å². The van der Waals surface area contributed by atoms with Crippen molar-refractivity contribution in [2.24, 2.45) is 0 Å². The second-order valence-electron chi connectivity index (χ2n) is 3.16. The van der Waals surface area contributed by atoms with Crippen LogP contribution in [0.3, 0.4) is 0 Å². The van der Waals surface area contributed by atoms with Gasteiger partial charge in [-0.2, -0.15) is 0 Å². The molecule has 3 nitrogen and oxygen atoms in total. The van der Waals surface area contributed by atoms with Crippen LogP contribution in [0, 0.1) is 18.2 Å². The average Bonchev–Trinajstić information content (AvgIpc) is 2.25. The highest BCUT2D eigenvalue weighted by molar-refractivity contribution is 5.94. The molecule has 0 amide bonds. The first-order valence-corrected chi connectivity index (χ1v) is 4.82. The fraction of sp³-hybridized carbons (Fsp3) is 0.250. The monoisotopic (exact) mass is 221 g/mol. The largest absolute Gasteiger partial charge is 0.478 e. The van der Waals surface area contributed by atoms with Crippen LogP contribution >= 0.6 is 0 Å². The van der Waals surface area contributed by atoms with Gasteiger partial charge in [0.2, 0.25) is 0 Å². The molecule has 1 aromatic rings. The predicted molar refractivity (Wildman–Crippen MR) is 60.1 cm³/mol. The number of nitrogens with zero attached hydrogens (tertiary/aromatic N) is 1. The summed E-state index contributed by atoms with van der Waals surface area (Å²) < 4.78 is 13.4. The van der Waals surface area contributed by atoms with Gasteiger partial charge in [-0.15, -0.1) is 6.42 Å². The smallest absolute Gasteiger partial charge is 0.340 e. The molecule has 16 heavy (non-hydrogen) atoms. The van der Waals surface area contributed by atoms with Crippen LogP contribution in [0.1, 0.15) is 17.3 Å². The normalized spacial score (nSPS) is 9.56. The molecule has 0 saturated carbocycles. The number of carboxylic acid groups (broad SMARTS) is 1. The van der Waals surface area contributed by atoms with E-state index in [4.69, 9.17) is 11.5 Å². The van der Waals surface area contributed by atoms with Crippen molar-refractivity contribution in [3.63, 3.8) is 0 Å². The highest BCUT2D eigenvalue weighted by Gasteiger charge is 2.18. The van der Waals surface area contributed by atoms with Crippen LogP contribution in [0.25, 0.3) is 0 Å². The first kappa shape index (κ1) is 12.1. The van der Waals surface area contributed by atoms with Crippen molar-refractivity contribution in [1.29, 1.82) is 0 Å². The molecule has 1 N–H and O–H groups in total. The summed E-state index contributed by atoms with van der Waals surface area (Å²) >= 11 is 0. The van der Waals surface area contributed by atoms with E-state index in [-0.39, 0.29) is 12.1 Å². The molecular formula is C12H12FNO2. The van der Waals surface area contributed by atoms with E-state index < -0.39 is 11.8 Å². The Bertz CT molecular complexity index is 437. The Morgan fingerprint density at radius 1 is 1.62 bits per heavy atom. The van der Waals surface area contributed by atoms with Gasteiger partial charge in [0.15, 0.2) is 0 Å². The van der Waals surface area contributed by atoms with E-state index in [9.17, 15) is 9.18 Å². The van der Waals surface area contributed by atoms with E-state index in [1.807, 2.05) is 6.92 Å². The summed E-state index contributed by atoms with van der Waals surface area (Å²) in [5.74, 6) is 0.375. The number of carbonyl (C=O) groups is 1. The van der Waals surface area contributed by atoms with Crippen molar-refractivity contribution in [2.45, 2.75) is 6.92 Å². The van der Waals surface area contributed by atoms with Gasteiger partial charge < -0.3 is 10.0 Å². The molecule has 0 fully saturated rings. The van der Waals surface area contributed by atoms with Crippen molar-refractivity contribution in [3.05, 3.63) is 29.6 Å². The van der Waals surface area contributed by atoms with Crippen LogP contribution in [-0.4, -0.2) is 24.2 Å². The lowest BCUT2D eigenvalue weighted by Crippen LogP contribution is -2.25. The van der Waals surface area contributed by atoms with Gasteiger partial charge in [0.25, 0.3) is 0 Å². The Labute approximate surface area is 93.5 Å². The molecule has 0 atom stereocenters. The van der Waals surface area contributed by atoms with Gasteiger partial charge in [-0.1, -0.05) is 12.0 Å². The zero-order chi connectivity index (χ0) is 12.1. The van der Waals surface area contributed by atoms with Crippen LogP contribution in [0.4, 0.5) is 10.1 Å². The Morgan fingerprint density at radius 3 is 2.81 bits per heavy atom. The van der Waals surface area contributed by atoms with E-state index in [1.165, 1.54) is 6.07 Å². The number of rotatable bonds is 4. The van der Waals surface area contributed by atoms with Gasteiger partial charge in [0.1, 0.15) is 11.4 Å². The van der Waals surface area contributed by atoms with Crippen molar-refractivity contribution >= 4 is 11.7 Å². The highest BCUT2D eigenvalue weighted by Crippen LogP contribution is 2.22. The number of terminal acetylenes is 1. The summed E-state index contributed by atoms with van der Waals surface area (Å²) in [6.45, 7) is 2.60. The van der Waals surface area contributed by atoms with Crippen LogP contribution in [-0.2, 0) is 0 Å². The zero-order valence-electron chi connectivity index (χ0n) is 8.90. The summed E-state index contributed by atoms with van der Waals surface area (Å²) in [7, 11) is 0. The fourth-order valence-electron chi connectivity index (χ4n) is 1.47. The highest BCUT2D eigenvalue weighted by atomic mass is 19.1. The summed E-state index contributed by atoms with van der Waals surface area (Å²) in [5, 5.41) is 8.94. The molecule has 0 saturated heterocycles. The van der Waals surface area contributed by atoms with Gasteiger partial charge >= 0.3 is 5.97 Å². The molecule has 0 radical (unpaired) electrons. The maximum absolute atomic E-state index is 13.4. The SMILES string of the molecule is C#CCN(CC)c1cccc(F)c1C(=O)O. The van der Waals surface area contributed by atoms with Crippen LogP contribution < -0.4 is 4.90 Å². The minimum absolute atomic E-state index is 0.250. The Morgan fingerprint density at radius 2 is 2.31 bits per heavy atom. The minimum atomic E-state index is -1.29. The van der Waals surface area contributed by atoms with Crippen molar-refractivity contribution in [2.75, 3.05) is 18.0 Å². The molecule has 1 rings (SSSR count). The summed E-state index contributed by atoms with van der Waals surface area (Å²) in [6, 6.07) is 4.14. The number of anilines is 1. The molecule has 1 aromatic carbocycles. The second-order valence-corrected chi connectivity index (χ2v) is 3.16. The van der Waals surface area contributed by atoms with Crippen LogP contribution in [0.15, 0.2) is 18.2 Å². The lowest BCUT2D eigenvalue weighted by atomic mass is 10.1. The van der Waals surface area contributed by atoms with E-state index in [2.05, 4.69) is 5.92 Å². The number of hydrogen-bond acceptors (Lipinski definition) is 2. The molecule has 0 aliphatic carbocycles. The van der Waals surface area contributed by atoms with E-state index >= 15 is 0 Å². The first-order valence-electron chi connectivity index (χ1n) is 4.82. The lowest BCUT2D eigenvalue weighted by molar-refractivity contribution is 0.0692. The summed E-state index contributed by atoms with van der Waals surface area (Å²) in [6.07, 6.45) is 5.17. The molecule has 0 bridgehead atoms. The predicted octanol–water partition coefficient (Wildman–Crippen LogP) is 1.98. The second kappa shape index (κ2) is 5.17. The fourth-order valence-corrected chi connectivity index (χ4v) is 1.47. The van der Waals surface area contributed by atoms with Crippen molar-refractivity contribution < 1.29 is 14.3 Å². The summed E-state index contributed by atoms with van der Waals surface area (Å²) in [4.78, 5) is 12.6. The number of benzene rings is 1. The molecule has 84 valence electrons. The standard InChI is InChI=1S/C12H12FNO2/c1-3-8-14(4-2)10-7-5-6-9(13)11(10)12(15)16/h1,5-7H,4,8H2,2H3,(H,15,16). The Balaban J connectivity index is 3.27. The molecule has 0 spiro atoms. The van der Waals surface area contributed by atoms with Crippen molar-refractivity contribution in [1.82, 2.24) is 0 Å². The maximum Gasteiger partial charge on any atom is 0.340 e. The van der Waals surface area contributed by atoms with Crippen molar-refractivity contribution in [3.8, 4) is 12.3 Å². The van der Waals surface area contributed by atoms with E-state index in [0.717, 1.165) is 6.07 Å². The third kappa shape index (κ3) is 2.31. The average molecular weight is 221 g/mol. The molecule has 0 aliphatic heterocycles. The molecular weight excluding hydrogens is 209 g/mol. The van der Waals surface area contributed by atoms with Gasteiger partial charge in [-0.05, 0) is 19.1 Å².